The summed E-state index contributed by atoms with van der Waals surface area (Å²) in [7, 11) is -4.43. The van der Waals surface area contributed by atoms with E-state index in [1.54, 1.807) is 0 Å². The molecular weight excluding hydrogens is 310 g/mol. The summed E-state index contributed by atoms with van der Waals surface area (Å²) in [5.74, 6) is -1.12. The van der Waals surface area contributed by atoms with Crippen molar-refractivity contribution in [3.8, 4) is 5.75 Å². The van der Waals surface area contributed by atoms with Crippen LogP contribution in [-0.4, -0.2) is 29.8 Å². The Morgan fingerprint density at radius 1 is 1.18 bits per heavy atom. The fourth-order valence-electron chi connectivity index (χ4n) is 1.97. The summed E-state index contributed by atoms with van der Waals surface area (Å²) in [5.41, 5.74) is 0.355. The van der Waals surface area contributed by atoms with Crippen LogP contribution in [0, 0.1) is 0 Å². The largest absolute Gasteiger partial charge is 0.507 e. The zero-order valence-corrected chi connectivity index (χ0v) is 12.3. The third-order valence-electron chi connectivity index (χ3n) is 2.90. The number of aromatic hydroxyl groups is 1. The molecule has 0 saturated heterocycles. The van der Waals surface area contributed by atoms with Crippen molar-refractivity contribution in [3.05, 3.63) is 30.3 Å². The van der Waals surface area contributed by atoms with Gasteiger partial charge >= 0.3 is 0 Å². The van der Waals surface area contributed by atoms with Crippen LogP contribution in [-0.2, 0) is 19.7 Å². The first-order chi connectivity index (χ1) is 10.2. The normalized spacial score (nSPS) is 11.4. The first kappa shape index (κ1) is 15.9. The van der Waals surface area contributed by atoms with E-state index in [0.29, 0.717) is 16.5 Å². The molecule has 2 aromatic carbocycles. The summed E-state index contributed by atoms with van der Waals surface area (Å²) in [6.45, 7) is 1.29. The van der Waals surface area contributed by atoms with Crippen LogP contribution in [0.3, 0.4) is 0 Å². The highest BCUT2D eigenvalue weighted by molar-refractivity contribution is 7.85. The summed E-state index contributed by atoms with van der Waals surface area (Å²) in [6.07, 6.45) is -0.258. The molecule has 2 aromatic rings. The summed E-state index contributed by atoms with van der Waals surface area (Å²) < 4.78 is 31.2. The van der Waals surface area contributed by atoms with Gasteiger partial charge in [-0.05, 0) is 30.5 Å². The van der Waals surface area contributed by atoms with Gasteiger partial charge in [0.25, 0.3) is 10.1 Å². The molecule has 0 atom stereocenters. The van der Waals surface area contributed by atoms with E-state index in [2.05, 4.69) is 5.32 Å². The van der Waals surface area contributed by atoms with Gasteiger partial charge in [0.05, 0.1) is 11.3 Å². The minimum absolute atomic E-state index is 0.258. The predicted molar refractivity (Wildman–Crippen MR) is 79.4 cm³/mol. The number of phenols is 1. The number of ketones is 1. The van der Waals surface area contributed by atoms with Gasteiger partial charge in [-0.15, -0.1) is 0 Å². The standard InChI is InChI=1S/C14H13NO6S/c1-8(16)4-14(18)15-10-3-2-9-5-11(22(19,20)21)7-13(17)12(9)6-10/h2-3,5-7,17H,4H2,1H3,(H,15,18)(H,19,20,21). The number of benzene rings is 2. The van der Waals surface area contributed by atoms with Gasteiger partial charge in [0, 0.05) is 17.1 Å². The van der Waals surface area contributed by atoms with Gasteiger partial charge in [-0.2, -0.15) is 8.42 Å². The average Bonchev–Trinajstić information content (AvgIpc) is 2.37. The van der Waals surface area contributed by atoms with E-state index in [1.165, 1.54) is 31.2 Å². The summed E-state index contributed by atoms with van der Waals surface area (Å²) in [4.78, 5) is 22.0. The molecule has 2 rings (SSSR count). The second-order valence-corrected chi connectivity index (χ2v) is 6.20. The number of carbonyl (C=O) groups excluding carboxylic acids is 2. The molecule has 0 aromatic heterocycles. The lowest BCUT2D eigenvalue weighted by Crippen LogP contribution is -2.14. The maximum absolute atomic E-state index is 11.5. The Morgan fingerprint density at radius 2 is 1.86 bits per heavy atom. The van der Waals surface area contributed by atoms with E-state index < -0.39 is 20.9 Å². The van der Waals surface area contributed by atoms with Crippen molar-refractivity contribution < 1.29 is 27.7 Å². The molecule has 0 aliphatic rings. The lowest BCUT2D eigenvalue weighted by Gasteiger charge is -2.08. The van der Waals surface area contributed by atoms with E-state index in [0.717, 1.165) is 6.07 Å². The topological polar surface area (TPSA) is 121 Å². The summed E-state index contributed by atoms with van der Waals surface area (Å²) in [5, 5.41) is 13.0. The Bertz CT molecular complexity index is 872. The monoisotopic (exact) mass is 323 g/mol. The zero-order valence-electron chi connectivity index (χ0n) is 11.5. The molecule has 0 radical (unpaired) electrons. The van der Waals surface area contributed by atoms with Gasteiger partial charge in [-0.25, -0.2) is 0 Å². The van der Waals surface area contributed by atoms with Crippen LogP contribution in [0.2, 0.25) is 0 Å². The van der Waals surface area contributed by atoms with Crippen molar-refractivity contribution in [1.82, 2.24) is 0 Å². The molecule has 0 saturated carbocycles. The molecule has 116 valence electrons. The highest BCUT2D eigenvalue weighted by atomic mass is 32.2. The number of phenolic OH excluding ortho intramolecular Hbond substituents is 1. The molecule has 0 unspecified atom stereocenters. The minimum atomic E-state index is -4.43. The number of nitrogens with one attached hydrogen (secondary N) is 1. The molecule has 0 aliphatic carbocycles. The van der Waals surface area contributed by atoms with Crippen LogP contribution in [0.15, 0.2) is 35.2 Å². The van der Waals surface area contributed by atoms with Crippen molar-refractivity contribution in [2.45, 2.75) is 18.2 Å². The number of anilines is 1. The molecule has 8 heteroatoms. The highest BCUT2D eigenvalue weighted by Crippen LogP contribution is 2.30. The molecule has 7 nitrogen and oxygen atoms in total. The Labute approximate surface area is 126 Å². The number of rotatable bonds is 4. The predicted octanol–water partition coefficient (Wildman–Crippen LogP) is 1.71. The minimum Gasteiger partial charge on any atom is -0.507 e. The molecular formula is C14H13NO6S. The van der Waals surface area contributed by atoms with E-state index in [9.17, 15) is 23.1 Å². The lowest BCUT2D eigenvalue weighted by atomic mass is 10.1. The first-order valence-corrected chi connectivity index (χ1v) is 7.64. The number of amides is 1. The number of fused-ring (bicyclic) bond motifs is 1. The molecule has 0 heterocycles. The fraction of sp³-hybridized carbons (Fsp3) is 0.143. The molecule has 0 spiro atoms. The van der Waals surface area contributed by atoms with E-state index in [-0.39, 0.29) is 18.0 Å². The maximum atomic E-state index is 11.5. The second-order valence-electron chi connectivity index (χ2n) is 4.78. The van der Waals surface area contributed by atoms with Gasteiger partial charge in [0.2, 0.25) is 5.91 Å². The van der Waals surface area contributed by atoms with Crippen LogP contribution in [0.4, 0.5) is 5.69 Å². The lowest BCUT2D eigenvalue weighted by molar-refractivity contribution is -0.124. The Kier molecular flexibility index (Phi) is 4.16. The van der Waals surface area contributed by atoms with Crippen molar-refractivity contribution in [2.75, 3.05) is 5.32 Å². The Hall–Kier alpha value is -2.45. The van der Waals surface area contributed by atoms with Crippen molar-refractivity contribution in [1.29, 1.82) is 0 Å². The van der Waals surface area contributed by atoms with Crippen LogP contribution >= 0.6 is 0 Å². The molecule has 22 heavy (non-hydrogen) atoms. The quantitative estimate of drug-likeness (QED) is 0.582. The van der Waals surface area contributed by atoms with Gasteiger partial charge in [-0.1, -0.05) is 6.07 Å². The highest BCUT2D eigenvalue weighted by Gasteiger charge is 2.14. The number of Topliss-reactive ketones (excluding diaryl/α,β-unsaturated/α-hetero) is 1. The fourth-order valence-corrected chi connectivity index (χ4v) is 2.51. The van der Waals surface area contributed by atoms with Gasteiger partial charge in [0.15, 0.2) is 0 Å². The first-order valence-electron chi connectivity index (χ1n) is 6.20. The SMILES string of the molecule is CC(=O)CC(=O)Nc1ccc2cc(S(=O)(=O)O)cc(O)c2c1. The van der Waals surface area contributed by atoms with Crippen LogP contribution in [0.1, 0.15) is 13.3 Å². The van der Waals surface area contributed by atoms with E-state index >= 15 is 0 Å². The average molecular weight is 323 g/mol. The van der Waals surface area contributed by atoms with E-state index in [1.807, 2.05) is 0 Å². The summed E-state index contributed by atoms with van der Waals surface area (Å²) in [6, 6.07) is 6.53. The Balaban J connectivity index is 2.41. The van der Waals surface area contributed by atoms with E-state index in [4.69, 9.17) is 4.55 Å². The van der Waals surface area contributed by atoms with Gasteiger partial charge in [-0.3, -0.25) is 14.1 Å². The van der Waals surface area contributed by atoms with Gasteiger partial charge < -0.3 is 10.4 Å². The van der Waals surface area contributed by atoms with Crippen LogP contribution in [0.25, 0.3) is 10.8 Å². The number of hydrogen-bond acceptors (Lipinski definition) is 5. The van der Waals surface area contributed by atoms with Crippen molar-refractivity contribution in [2.24, 2.45) is 0 Å². The molecule has 0 fully saturated rings. The second kappa shape index (κ2) is 5.74. The van der Waals surface area contributed by atoms with Crippen LogP contribution < -0.4 is 5.32 Å². The maximum Gasteiger partial charge on any atom is 0.294 e. The number of hydrogen-bond donors (Lipinski definition) is 3. The van der Waals surface area contributed by atoms with Crippen molar-refractivity contribution >= 4 is 38.3 Å². The molecule has 1 amide bonds. The summed E-state index contributed by atoms with van der Waals surface area (Å²) >= 11 is 0. The molecule has 3 N–H and O–H groups in total. The van der Waals surface area contributed by atoms with Crippen LogP contribution in [0.5, 0.6) is 5.75 Å². The molecule has 0 bridgehead atoms. The third kappa shape index (κ3) is 3.60. The molecule has 0 aliphatic heterocycles. The number of carbonyl (C=O) groups is 2. The van der Waals surface area contributed by atoms with Crippen molar-refractivity contribution in [3.63, 3.8) is 0 Å². The van der Waals surface area contributed by atoms with Gasteiger partial charge in [0.1, 0.15) is 11.5 Å². The third-order valence-corrected chi connectivity index (χ3v) is 3.73. The Morgan fingerprint density at radius 3 is 2.45 bits per heavy atom. The smallest absolute Gasteiger partial charge is 0.294 e. The zero-order chi connectivity index (χ0) is 16.5.